The summed E-state index contributed by atoms with van der Waals surface area (Å²) < 4.78 is 12.1. The number of hydrogen-bond acceptors (Lipinski definition) is 5. The molecule has 1 aromatic carbocycles. The number of nitrogens with zero attached hydrogens (tertiary/aromatic N) is 2. The fourth-order valence-electron chi connectivity index (χ4n) is 3.24. The van der Waals surface area contributed by atoms with Gasteiger partial charge in [-0.2, -0.15) is 5.10 Å². The summed E-state index contributed by atoms with van der Waals surface area (Å²) in [7, 11) is 3.83. The molecule has 1 aromatic rings. The standard InChI is InChI=1S/C16H22BrN3O2/c1-4-22-14-8-10(7-12(17)16(14)21-3)15-11-9-20(2)6-5-13(11)18-19-15/h7-8,11,15,19H,4-6,9H2,1-3H3. The van der Waals surface area contributed by atoms with Gasteiger partial charge in [-0.05, 0) is 47.6 Å². The zero-order valence-corrected chi connectivity index (χ0v) is 14.8. The largest absolute Gasteiger partial charge is 0.492 e. The molecular weight excluding hydrogens is 346 g/mol. The molecule has 0 spiro atoms. The molecular formula is C16H22BrN3O2. The number of methoxy groups -OCH3 is 1. The van der Waals surface area contributed by atoms with E-state index in [2.05, 4.69) is 50.5 Å². The zero-order valence-electron chi connectivity index (χ0n) is 13.2. The summed E-state index contributed by atoms with van der Waals surface area (Å²) in [5.41, 5.74) is 5.77. The van der Waals surface area contributed by atoms with Gasteiger partial charge in [-0.25, -0.2) is 0 Å². The van der Waals surface area contributed by atoms with E-state index in [-0.39, 0.29) is 6.04 Å². The number of nitrogens with one attached hydrogen (secondary N) is 1. The predicted octanol–water partition coefficient (Wildman–Crippen LogP) is 2.81. The second kappa shape index (κ2) is 6.46. The summed E-state index contributed by atoms with van der Waals surface area (Å²) in [5.74, 6) is 1.94. The van der Waals surface area contributed by atoms with Crippen LogP contribution in [0.25, 0.3) is 0 Å². The number of ether oxygens (including phenoxy) is 2. The Balaban J connectivity index is 1.92. The van der Waals surface area contributed by atoms with Crippen molar-refractivity contribution in [2.45, 2.75) is 19.4 Å². The van der Waals surface area contributed by atoms with Gasteiger partial charge in [-0.1, -0.05) is 0 Å². The van der Waals surface area contributed by atoms with Crippen molar-refractivity contribution in [1.82, 2.24) is 10.3 Å². The first-order chi connectivity index (χ1) is 10.6. The Morgan fingerprint density at radius 1 is 1.45 bits per heavy atom. The number of rotatable bonds is 4. The van der Waals surface area contributed by atoms with Crippen molar-refractivity contribution >= 4 is 21.6 Å². The molecule has 5 nitrogen and oxygen atoms in total. The number of fused-ring (bicyclic) bond motifs is 1. The van der Waals surface area contributed by atoms with Crippen LogP contribution in [0.3, 0.4) is 0 Å². The van der Waals surface area contributed by atoms with Crippen LogP contribution in [0, 0.1) is 5.92 Å². The molecule has 0 amide bonds. The third-order valence-electron chi connectivity index (χ3n) is 4.33. The van der Waals surface area contributed by atoms with Crippen LogP contribution in [0.5, 0.6) is 11.5 Å². The summed E-state index contributed by atoms with van der Waals surface area (Å²) in [6.45, 7) is 4.70. The molecule has 2 aliphatic heterocycles. The molecule has 1 saturated heterocycles. The highest BCUT2D eigenvalue weighted by molar-refractivity contribution is 9.10. The van der Waals surface area contributed by atoms with E-state index in [4.69, 9.17) is 9.47 Å². The maximum atomic E-state index is 5.74. The molecule has 2 heterocycles. The number of hydrazone groups is 1. The molecule has 120 valence electrons. The number of halogens is 1. The summed E-state index contributed by atoms with van der Waals surface area (Å²) in [4.78, 5) is 2.37. The van der Waals surface area contributed by atoms with E-state index in [0.29, 0.717) is 12.5 Å². The highest BCUT2D eigenvalue weighted by Crippen LogP contribution is 2.41. The van der Waals surface area contributed by atoms with Gasteiger partial charge in [-0.15, -0.1) is 0 Å². The second-order valence-corrected chi connectivity index (χ2v) is 6.65. The Bertz CT molecular complexity index is 591. The fourth-order valence-corrected chi connectivity index (χ4v) is 3.86. The summed E-state index contributed by atoms with van der Waals surface area (Å²) >= 11 is 3.59. The predicted molar refractivity (Wildman–Crippen MR) is 90.8 cm³/mol. The monoisotopic (exact) mass is 367 g/mol. The van der Waals surface area contributed by atoms with Crippen LogP contribution in [0.2, 0.25) is 0 Å². The molecule has 2 aliphatic rings. The first-order valence-corrected chi connectivity index (χ1v) is 8.44. The second-order valence-electron chi connectivity index (χ2n) is 5.80. The van der Waals surface area contributed by atoms with Crippen LogP contribution >= 0.6 is 15.9 Å². The van der Waals surface area contributed by atoms with Crippen molar-refractivity contribution in [3.05, 3.63) is 22.2 Å². The Labute approximate surface area is 139 Å². The Morgan fingerprint density at radius 3 is 3.00 bits per heavy atom. The van der Waals surface area contributed by atoms with Gasteiger partial charge < -0.3 is 19.8 Å². The van der Waals surface area contributed by atoms with Crippen LogP contribution in [0.15, 0.2) is 21.7 Å². The Hall–Kier alpha value is -1.27. The maximum Gasteiger partial charge on any atom is 0.174 e. The Morgan fingerprint density at radius 2 is 2.27 bits per heavy atom. The molecule has 0 aromatic heterocycles. The molecule has 6 heteroatoms. The molecule has 2 atom stereocenters. The maximum absolute atomic E-state index is 5.74. The topological polar surface area (TPSA) is 46.1 Å². The SMILES string of the molecule is CCOc1cc(C2NN=C3CCN(C)CC32)cc(Br)c1OC. The van der Waals surface area contributed by atoms with Crippen molar-refractivity contribution < 1.29 is 9.47 Å². The van der Waals surface area contributed by atoms with Crippen molar-refractivity contribution in [2.75, 3.05) is 33.9 Å². The number of likely N-dealkylation sites (tertiary alicyclic amines) is 1. The summed E-state index contributed by atoms with van der Waals surface area (Å²) in [6, 6.07) is 4.36. The molecule has 1 N–H and O–H groups in total. The normalized spacial score (nSPS) is 24.5. The van der Waals surface area contributed by atoms with Crippen molar-refractivity contribution in [3.8, 4) is 11.5 Å². The van der Waals surface area contributed by atoms with Crippen LogP contribution in [0.1, 0.15) is 24.9 Å². The smallest absolute Gasteiger partial charge is 0.174 e. The lowest BCUT2D eigenvalue weighted by Crippen LogP contribution is -2.39. The summed E-state index contributed by atoms with van der Waals surface area (Å²) in [6.07, 6.45) is 1.04. The van der Waals surface area contributed by atoms with Gasteiger partial charge >= 0.3 is 0 Å². The van der Waals surface area contributed by atoms with E-state index in [1.54, 1.807) is 7.11 Å². The lowest BCUT2D eigenvalue weighted by Gasteiger charge is -2.31. The lowest BCUT2D eigenvalue weighted by molar-refractivity contribution is 0.271. The summed E-state index contributed by atoms with van der Waals surface area (Å²) in [5, 5.41) is 4.55. The fraction of sp³-hybridized carbons (Fsp3) is 0.562. The highest BCUT2D eigenvalue weighted by Gasteiger charge is 2.36. The van der Waals surface area contributed by atoms with E-state index in [1.165, 1.54) is 11.3 Å². The van der Waals surface area contributed by atoms with Crippen molar-refractivity contribution in [1.29, 1.82) is 0 Å². The zero-order chi connectivity index (χ0) is 15.7. The van der Waals surface area contributed by atoms with Gasteiger partial charge in [0, 0.05) is 31.1 Å². The minimum Gasteiger partial charge on any atom is -0.492 e. The molecule has 0 saturated carbocycles. The molecule has 3 rings (SSSR count). The van der Waals surface area contributed by atoms with Gasteiger partial charge in [0.15, 0.2) is 11.5 Å². The first-order valence-electron chi connectivity index (χ1n) is 7.64. The minimum absolute atomic E-state index is 0.194. The third kappa shape index (κ3) is 2.82. The van der Waals surface area contributed by atoms with E-state index < -0.39 is 0 Å². The van der Waals surface area contributed by atoms with Gasteiger partial charge in [0.05, 0.1) is 24.2 Å². The molecule has 22 heavy (non-hydrogen) atoms. The Kier molecular flexibility index (Phi) is 4.59. The van der Waals surface area contributed by atoms with E-state index in [1.807, 2.05) is 6.92 Å². The van der Waals surface area contributed by atoms with Crippen LogP contribution in [0.4, 0.5) is 0 Å². The number of benzene rings is 1. The van der Waals surface area contributed by atoms with Crippen molar-refractivity contribution in [2.24, 2.45) is 11.0 Å². The quantitative estimate of drug-likeness (QED) is 0.888. The van der Waals surface area contributed by atoms with Crippen molar-refractivity contribution in [3.63, 3.8) is 0 Å². The van der Waals surface area contributed by atoms with Crippen LogP contribution < -0.4 is 14.9 Å². The molecule has 0 bridgehead atoms. The van der Waals surface area contributed by atoms with Gasteiger partial charge in [0.25, 0.3) is 0 Å². The third-order valence-corrected chi connectivity index (χ3v) is 4.92. The number of piperidine rings is 1. The average molecular weight is 368 g/mol. The minimum atomic E-state index is 0.194. The molecule has 2 unspecified atom stereocenters. The lowest BCUT2D eigenvalue weighted by atomic mass is 9.86. The molecule has 0 aliphatic carbocycles. The van der Waals surface area contributed by atoms with E-state index in [0.717, 1.165) is 35.5 Å². The average Bonchev–Trinajstić information content (AvgIpc) is 2.90. The van der Waals surface area contributed by atoms with Crippen LogP contribution in [-0.2, 0) is 0 Å². The molecule has 1 fully saturated rings. The van der Waals surface area contributed by atoms with Crippen LogP contribution in [-0.4, -0.2) is 44.5 Å². The van der Waals surface area contributed by atoms with E-state index in [9.17, 15) is 0 Å². The van der Waals surface area contributed by atoms with E-state index >= 15 is 0 Å². The molecule has 0 radical (unpaired) electrons. The highest BCUT2D eigenvalue weighted by atomic mass is 79.9. The first kappa shape index (κ1) is 15.6. The van der Waals surface area contributed by atoms with Gasteiger partial charge in [0.1, 0.15) is 0 Å². The number of hydrogen-bond donors (Lipinski definition) is 1. The van der Waals surface area contributed by atoms with Gasteiger partial charge in [0.2, 0.25) is 0 Å². The van der Waals surface area contributed by atoms with Gasteiger partial charge in [-0.3, -0.25) is 0 Å².